The highest BCUT2D eigenvalue weighted by atomic mass is 32.2. The monoisotopic (exact) mass is 236 g/mol. The summed E-state index contributed by atoms with van der Waals surface area (Å²) < 4.78 is 24.7. The summed E-state index contributed by atoms with van der Waals surface area (Å²) >= 11 is 0. The van der Waals surface area contributed by atoms with Crippen LogP contribution in [0.2, 0.25) is 0 Å². The molecule has 5 heteroatoms. The summed E-state index contributed by atoms with van der Waals surface area (Å²) in [6, 6.07) is 0.441. The van der Waals surface area contributed by atoms with E-state index in [2.05, 4.69) is 30.8 Å². The maximum atomic E-state index is 11.1. The lowest BCUT2D eigenvalue weighted by Gasteiger charge is -2.15. The predicted octanol–water partition coefficient (Wildman–Crippen LogP) is 0.950. The van der Waals surface area contributed by atoms with Gasteiger partial charge in [-0.05, 0) is 26.2 Å². The molecule has 2 N–H and O–H groups in total. The van der Waals surface area contributed by atoms with E-state index in [4.69, 9.17) is 0 Å². The first-order valence-electron chi connectivity index (χ1n) is 5.58. The van der Waals surface area contributed by atoms with Crippen LogP contribution >= 0.6 is 0 Å². The molecule has 1 atom stereocenters. The van der Waals surface area contributed by atoms with Crippen LogP contribution in [0.1, 0.15) is 34.1 Å². The van der Waals surface area contributed by atoms with Crippen LogP contribution in [0.25, 0.3) is 0 Å². The van der Waals surface area contributed by atoms with Gasteiger partial charge in [-0.2, -0.15) is 0 Å². The van der Waals surface area contributed by atoms with Crippen molar-refractivity contribution in [3.05, 3.63) is 0 Å². The summed E-state index contributed by atoms with van der Waals surface area (Å²) in [7, 11) is -3.03. The topological polar surface area (TPSA) is 58.2 Å². The maximum absolute atomic E-state index is 11.1. The smallest absolute Gasteiger partial charge is 0.211 e. The molecule has 4 nitrogen and oxygen atoms in total. The van der Waals surface area contributed by atoms with E-state index in [9.17, 15) is 8.42 Å². The van der Waals surface area contributed by atoms with Crippen molar-refractivity contribution < 1.29 is 8.42 Å². The van der Waals surface area contributed by atoms with E-state index in [0.717, 1.165) is 6.42 Å². The third-order valence-corrected chi connectivity index (χ3v) is 3.55. The van der Waals surface area contributed by atoms with E-state index in [-0.39, 0.29) is 5.75 Å². The summed E-state index contributed by atoms with van der Waals surface area (Å²) in [5.41, 5.74) is 0. The fourth-order valence-corrected chi connectivity index (χ4v) is 2.03. The van der Waals surface area contributed by atoms with Gasteiger partial charge in [-0.1, -0.05) is 13.8 Å². The Morgan fingerprint density at radius 2 is 1.73 bits per heavy atom. The number of hydrogen-bond donors (Lipinski definition) is 2. The van der Waals surface area contributed by atoms with Gasteiger partial charge in [0.15, 0.2) is 0 Å². The third-order valence-electron chi connectivity index (χ3n) is 2.14. The zero-order chi connectivity index (χ0) is 11.9. The standard InChI is InChI=1S/C10H24N2O2S/c1-5-15(13,14)12-7-6-11-10(4)8-9(2)3/h9-12H,5-8H2,1-4H3. The summed E-state index contributed by atoms with van der Waals surface area (Å²) in [5.74, 6) is 0.814. The molecule has 92 valence electrons. The van der Waals surface area contributed by atoms with Crippen LogP contribution in [-0.2, 0) is 10.0 Å². The van der Waals surface area contributed by atoms with E-state index in [1.54, 1.807) is 6.92 Å². The van der Waals surface area contributed by atoms with Gasteiger partial charge in [-0.3, -0.25) is 0 Å². The van der Waals surface area contributed by atoms with Crippen molar-refractivity contribution in [2.45, 2.75) is 40.2 Å². The number of sulfonamides is 1. The second kappa shape index (κ2) is 7.19. The maximum Gasteiger partial charge on any atom is 0.211 e. The van der Waals surface area contributed by atoms with Gasteiger partial charge in [0.05, 0.1) is 5.75 Å². The Balaban J connectivity index is 3.55. The molecular formula is C10H24N2O2S. The largest absolute Gasteiger partial charge is 0.313 e. The molecule has 0 fully saturated rings. The fraction of sp³-hybridized carbons (Fsp3) is 1.00. The number of hydrogen-bond acceptors (Lipinski definition) is 3. The summed E-state index contributed by atoms with van der Waals surface area (Å²) in [4.78, 5) is 0. The molecular weight excluding hydrogens is 212 g/mol. The van der Waals surface area contributed by atoms with E-state index in [1.807, 2.05) is 0 Å². The molecule has 0 aromatic carbocycles. The highest BCUT2D eigenvalue weighted by Crippen LogP contribution is 2.02. The van der Waals surface area contributed by atoms with E-state index >= 15 is 0 Å². The van der Waals surface area contributed by atoms with Crippen molar-refractivity contribution in [2.75, 3.05) is 18.8 Å². The molecule has 0 aromatic rings. The van der Waals surface area contributed by atoms with Crippen molar-refractivity contribution in [3.63, 3.8) is 0 Å². The van der Waals surface area contributed by atoms with Crippen molar-refractivity contribution in [1.29, 1.82) is 0 Å². The summed E-state index contributed by atoms with van der Waals surface area (Å²) in [6.45, 7) is 9.27. The molecule has 0 heterocycles. The zero-order valence-corrected chi connectivity index (χ0v) is 11.0. The molecule has 0 rings (SSSR count). The average Bonchev–Trinajstić information content (AvgIpc) is 2.11. The molecule has 0 bridgehead atoms. The van der Waals surface area contributed by atoms with Crippen molar-refractivity contribution in [2.24, 2.45) is 5.92 Å². The summed E-state index contributed by atoms with van der Waals surface area (Å²) in [5, 5.41) is 3.28. The molecule has 0 saturated carbocycles. The normalized spacial score (nSPS) is 14.5. The first kappa shape index (κ1) is 14.9. The van der Waals surface area contributed by atoms with E-state index < -0.39 is 10.0 Å². The quantitative estimate of drug-likeness (QED) is 0.617. The van der Waals surface area contributed by atoms with E-state index in [1.165, 1.54) is 0 Å². The van der Waals surface area contributed by atoms with Crippen molar-refractivity contribution in [3.8, 4) is 0 Å². The first-order chi connectivity index (χ1) is 6.87. The third kappa shape index (κ3) is 8.84. The van der Waals surface area contributed by atoms with Gasteiger partial charge in [0.25, 0.3) is 0 Å². The molecule has 0 saturated heterocycles. The van der Waals surface area contributed by atoms with Crippen LogP contribution in [0.3, 0.4) is 0 Å². The Morgan fingerprint density at radius 3 is 2.20 bits per heavy atom. The van der Waals surface area contributed by atoms with Gasteiger partial charge < -0.3 is 5.32 Å². The van der Waals surface area contributed by atoms with Crippen molar-refractivity contribution >= 4 is 10.0 Å². The molecule has 0 aliphatic carbocycles. The van der Waals surface area contributed by atoms with Gasteiger partial charge >= 0.3 is 0 Å². The van der Waals surface area contributed by atoms with Gasteiger partial charge in [0.2, 0.25) is 10.0 Å². The van der Waals surface area contributed by atoms with Crippen LogP contribution in [-0.4, -0.2) is 33.3 Å². The highest BCUT2D eigenvalue weighted by Gasteiger charge is 2.06. The second-order valence-corrected chi connectivity index (χ2v) is 6.38. The van der Waals surface area contributed by atoms with E-state index in [0.29, 0.717) is 25.0 Å². The van der Waals surface area contributed by atoms with Crippen LogP contribution < -0.4 is 10.0 Å². The Hall–Kier alpha value is -0.130. The number of nitrogens with one attached hydrogen (secondary N) is 2. The molecule has 0 aromatic heterocycles. The Kier molecular flexibility index (Phi) is 7.13. The highest BCUT2D eigenvalue weighted by molar-refractivity contribution is 7.89. The lowest BCUT2D eigenvalue weighted by Crippen LogP contribution is -2.36. The van der Waals surface area contributed by atoms with Crippen LogP contribution in [0.15, 0.2) is 0 Å². The molecule has 0 aliphatic heterocycles. The van der Waals surface area contributed by atoms with Gasteiger partial charge in [0.1, 0.15) is 0 Å². The summed E-state index contributed by atoms with van der Waals surface area (Å²) in [6.07, 6.45) is 1.11. The number of rotatable bonds is 8. The molecule has 0 radical (unpaired) electrons. The van der Waals surface area contributed by atoms with Gasteiger partial charge in [0, 0.05) is 19.1 Å². The SMILES string of the molecule is CCS(=O)(=O)NCCNC(C)CC(C)C. The lowest BCUT2D eigenvalue weighted by atomic mass is 10.1. The first-order valence-corrected chi connectivity index (χ1v) is 7.23. The zero-order valence-electron chi connectivity index (χ0n) is 10.2. The minimum atomic E-state index is -3.03. The fourth-order valence-electron chi connectivity index (χ4n) is 1.42. The lowest BCUT2D eigenvalue weighted by molar-refractivity contribution is 0.443. The second-order valence-electron chi connectivity index (χ2n) is 4.28. The molecule has 0 amide bonds. The molecule has 15 heavy (non-hydrogen) atoms. The minimum absolute atomic E-state index is 0.147. The molecule has 0 aliphatic rings. The van der Waals surface area contributed by atoms with Gasteiger partial charge in [-0.15, -0.1) is 0 Å². The minimum Gasteiger partial charge on any atom is -0.313 e. The van der Waals surface area contributed by atoms with Gasteiger partial charge in [-0.25, -0.2) is 13.1 Å². The Labute approximate surface area is 93.9 Å². The Morgan fingerprint density at radius 1 is 1.13 bits per heavy atom. The van der Waals surface area contributed by atoms with Crippen LogP contribution in [0.4, 0.5) is 0 Å². The van der Waals surface area contributed by atoms with Crippen molar-refractivity contribution in [1.82, 2.24) is 10.0 Å². The predicted molar refractivity (Wildman–Crippen MR) is 64.4 cm³/mol. The molecule has 0 spiro atoms. The van der Waals surface area contributed by atoms with Crippen LogP contribution in [0, 0.1) is 5.92 Å². The Bertz CT molecular complexity index is 250. The van der Waals surface area contributed by atoms with Crippen LogP contribution in [0.5, 0.6) is 0 Å². The average molecular weight is 236 g/mol. The molecule has 1 unspecified atom stereocenters.